The number of rotatable bonds is 8. The Morgan fingerprint density at radius 2 is 2.12 bits per heavy atom. The summed E-state index contributed by atoms with van der Waals surface area (Å²) in [6.45, 7) is 2.52. The Morgan fingerprint density at radius 3 is 2.77 bits per heavy atom. The van der Waals surface area contributed by atoms with Gasteiger partial charge in [-0.05, 0) is 50.8 Å². The highest BCUT2D eigenvalue weighted by molar-refractivity contribution is 7.89. The highest BCUT2D eigenvalue weighted by Crippen LogP contribution is 2.21. The SMILES string of the molecule is COCCN(C)S(=O)(=O)c1cccc(C(=O)N[C@@H](C)C2=CCCCC2)c1. The van der Waals surface area contributed by atoms with Gasteiger partial charge in [0.05, 0.1) is 11.5 Å². The smallest absolute Gasteiger partial charge is 0.251 e. The first kappa shape index (κ1) is 20.6. The molecule has 6 nitrogen and oxygen atoms in total. The Bertz CT molecular complexity index is 759. The summed E-state index contributed by atoms with van der Waals surface area (Å²) >= 11 is 0. The molecule has 1 atom stereocenters. The van der Waals surface area contributed by atoms with Crippen LogP contribution in [0.4, 0.5) is 0 Å². The van der Waals surface area contributed by atoms with Crippen LogP contribution in [-0.2, 0) is 14.8 Å². The predicted molar refractivity (Wildman–Crippen MR) is 102 cm³/mol. The van der Waals surface area contributed by atoms with E-state index in [9.17, 15) is 13.2 Å². The topological polar surface area (TPSA) is 75.7 Å². The molecular weight excluding hydrogens is 352 g/mol. The van der Waals surface area contributed by atoms with E-state index in [0.717, 1.165) is 19.3 Å². The van der Waals surface area contributed by atoms with Crippen molar-refractivity contribution < 1.29 is 17.9 Å². The molecule has 1 amide bonds. The highest BCUT2D eigenvalue weighted by Gasteiger charge is 2.22. The fourth-order valence-electron chi connectivity index (χ4n) is 2.95. The zero-order chi connectivity index (χ0) is 19.2. The Labute approximate surface area is 156 Å². The lowest BCUT2D eigenvalue weighted by Gasteiger charge is -2.21. The molecule has 0 radical (unpaired) electrons. The van der Waals surface area contributed by atoms with Crippen molar-refractivity contribution in [2.24, 2.45) is 0 Å². The summed E-state index contributed by atoms with van der Waals surface area (Å²) in [5.74, 6) is -0.263. The van der Waals surface area contributed by atoms with Gasteiger partial charge in [0.15, 0.2) is 0 Å². The van der Waals surface area contributed by atoms with Crippen LogP contribution < -0.4 is 5.32 Å². The van der Waals surface area contributed by atoms with Gasteiger partial charge in [-0.25, -0.2) is 8.42 Å². The van der Waals surface area contributed by atoms with E-state index in [1.54, 1.807) is 12.1 Å². The summed E-state index contributed by atoms with van der Waals surface area (Å²) in [5, 5.41) is 2.97. The van der Waals surface area contributed by atoms with Crippen molar-refractivity contribution in [2.45, 2.75) is 43.5 Å². The van der Waals surface area contributed by atoms with Gasteiger partial charge in [0.2, 0.25) is 10.0 Å². The first-order valence-corrected chi connectivity index (χ1v) is 10.4. The van der Waals surface area contributed by atoms with E-state index in [1.807, 2.05) is 6.92 Å². The highest BCUT2D eigenvalue weighted by atomic mass is 32.2. The zero-order valence-electron chi connectivity index (χ0n) is 15.7. The molecule has 0 fully saturated rings. The summed E-state index contributed by atoms with van der Waals surface area (Å²) in [5.41, 5.74) is 1.59. The molecule has 0 unspecified atom stereocenters. The monoisotopic (exact) mass is 380 g/mol. The maximum Gasteiger partial charge on any atom is 0.251 e. The number of likely N-dealkylation sites (N-methyl/N-ethyl adjacent to an activating group) is 1. The molecule has 144 valence electrons. The normalized spacial score (nSPS) is 16.2. The van der Waals surface area contributed by atoms with Crippen LogP contribution in [-0.4, -0.2) is 52.0 Å². The van der Waals surface area contributed by atoms with Crippen molar-refractivity contribution in [3.05, 3.63) is 41.5 Å². The molecule has 1 aliphatic rings. The van der Waals surface area contributed by atoms with Crippen LogP contribution in [0.15, 0.2) is 40.8 Å². The minimum Gasteiger partial charge on any atom is -0.383 e. The van der Waals surface area contributed by atoms with E-state index in [0.29, 0.717) is 12.2 Å². The number of methoxy groups -OCH3 is 1. The van der Waals surface area contributed by atoms with Crippen molar-refractivity contribution in [3.8, 4) is 0 Å². The lowest BCUT2D eigenvalue weighted by Crippen LogP contribution is -2.34. The maximum atomic E-state index is 12.6. The van der Waals surface area contributed by atoms with Crippen LogP contribution in [0.1, 0.15) is 43.0 Å². The number of ether oxygens (including phenoxy) is 1. The van der Waals surface area contributed by atoms with Crippen LogP contribution in [0.25, 0.3) is 0 Å². The van der Waals surface area contributed by atoms with Crippen molar-refractivity contribution >= 4 is 15.9 Å². The second kappa shape index (κ2) is 9.30. The third-order valence-corrected chi connectivity index (χ3v) is 6.50. The first-order valence-electron chi connectivity index (χ1n) is 8.91. The number of sulfonamides is 1. The van der Waals surface area contributed by atoms with Crippen LogP contribution in [0.3, 0.4) is 0 Å². The number of benzene rings is 1. The van der Waals surface area contributed by atoms with Crippen molar-refractivity contribution in [1.82, 2.24) is 9.62 Å². The molecule has 1 N–H and O–H groups in total. The summed E-state index contributed by atoms with van der Waals surface area (Å²) < 4.78 is 31.4. The molecule has 1 aromatic carbocycles. The van der Waals surface area contributed by atoms with Crippen LogP contribution >= 0.6 is 0 Å². The molecule has 26 heavy (non-hydrogen) atoms. The molecule has 0 aliphatic heterocycles. The molecule has 0 saturated carbocycles. The van der Waals surface area contributed by atoms with Gasteiger partial charge >= 0.3 is 0 Å². The third kappa shape index (κ3) is 5.16. The summed E-state index contributed by atoms with van der Waals surface area (Å²) in [4.78, 5) is 12.7. The van der Waals surface area contributed by atoms with E-state index in [1.165, 1.54) is 42.6 Å². The van der Waals surface area contributed by atoms with Crippen LogP contribution in [0.2, 0.25) is 0 Å². The van der Waals surface area contributed by atoms with E-state index in [-0.39, 0.29) is 23.4 Å². The molecule has 0 saturated heterocycles. The fraction of sp³-hybridized carbons (Fsp3) is 0.526. The zero-order valence-corrected chi connectivity index (χ0v) is 16.5. The van der Waals surface area contributed by atoms with Gasteiger partial charge in [0, 0.05) is 32.3 Å². The molecule has 0 spiro atoms. The molecule has 0 aromatic heterocycles. The Hall–Kier alpha value is -1.70. The fourth-order valence-corrected chi connectivity index (χ4v) is 4.15. The van der Waals surface area contributed by atoms with Gasteiger partial charge in [-0.3, -0.25) is 4.79 Å². The number of hydrogen-bond acceptors (Lipinski definition) is 4. The van der Waals surface area contributed by atoms with E-state index >= 15 is 0 Å². The quantitative estimate of drug-likeness (QED) is 0.704. The van der Waals surface area contributed by atoms with Gasteiger partial charge < -0.3 is 10.1 Å². The van der Waals surface area contributed by atoms with E-state index < -0.39 is 10.0 Å². The number of allylic oxidation sites excluding steroid dienone is 1. The number of nitrogens with one attached hydrogen (secondary N) is 1. The number of carbonyl (C=O) groups is 1. The predicted octanol–water partition coefficient (Wildman–Crippen LogP) is 2.57. The average molecular weight is 381 g/mol. The lowest BCUT2D eigenvalue weighted by atomic mass is 9.94. The molecule has 7 heteroatoms. The molecule has 2 rings (SSSR count). The standard InChI is InChI=1S/C19H28N2O4S/c1-15(16-8-5-4-6-9-16)20-19(22)17-10-7-11-18(14-17)26(23,24)21(2)12-13-25-3/h7-8,10-11,14-15H,4-6,9,12-13H2,1-3H3,(H,20,22)/t15-/m0/s1. The van der Waals surface area contributed by atoms with Crippen molar-refractivity contribution in [1.29, 1.82) is 0 Å². The first-order chi connectivity index (χ1) is 12.4. The Balaban J connectivity index is 2.12. The molecule has 1 aliphatic carbocycles. The van der Waals surface area contributed by atoms with Crippen LogP contribution in [0, 0.1) is 0 Å². The van der Waals surface area contributed by atoms with Gasteiger partial charge in [0.1, 0.15) is 0 Å². The van der Waals surface area contributed by atoms with Gasteiger partial charge in [-0.1, -0.05) is 17.7 Å². The second-order valence-corrected chi connectivity index (χ2v) is 8.61. The minimum atomic E-state index is -3.65. The Kier molecular flexibility index (Phi) is 7.37. The molecular formula is C19H28N2O4S. The number of carbonyl (C=O) groups excluding carboxylic acids is 1. The van der Waals surface area contributed by atoms with Crippen LogP contribution in [0.5, 0.6) is 0 Å². The number of hydrogen-bond donors (Lipinski definition) is 1. The largest absolute Gasteiger partial charge is 0.383 e. The van der Waals surface area contributed by atoms with Gasteiger partial charge in [-0.2, -0.15) is 4.31 Å². The van der Waals surface area contributed by atoms with E-state index in [4.69, 9.17) is 4.74 Å². The Morgan fingerprint density at radius 1 is 1.35 bits per heavy atom. The molecule has 1 aromatic rings. The summed E-state index contributed by atoms with van der Waals surface area (Å²) in [7, 11) is -0.633. The summed E-state index contributed by atoms with van der Waals surface area (Å²) in [6, 6.07) is 6.10. The lowest BCUT2D eigenvalue weighted by molar-refractivity contribution is 0.0944. The van der Waals surface area contributed by atoms with Crippen molar-refractivity contribution in [2.75, 3.05) is 27.3 Å². The second-order valence-electron chi connectivity index (χ2n) is 6.57. The number of nitrogens with zero attached hydrogens (tertiary/aromatic N) is 1. The number of amides is 1. The average Bonchev–Trinajstić information content (AvgIpc) is 2.66. The molecule has 0 heterocycles. The summed E-state index contributed by atoms with van der Waals surface area (Å²) in [6.07, 6.45) is 6.59. The maximum absolute atomic E-state index is 12.6. The third-order valence-electron chi connectivity index (χ3n) is 4.64. The molecule has 0 bridgehead atoms. The van der Waals surface area contributed by atoms with E-state index in [2.05, 4.69) is 11.4 Å². The van der Waals surface area contributed by atoms with Gasteiger partial charge in [0.25, 0.3) is 5.91 Å². The van der Waals surface area contributed by atoms with Crippen molar-refractivity contribution in [3.63, 3.8) is 0 Å². The minimum absolute atomic E-state index is 0.0487. The van der Waals surface area contributed by atoms with Gasteiger partial charge in [-0.15, -0.1) is 0 Å².